The standard InChI is InChI=1S/C19H15FO4/c1-23-18-7-6-12(8-16(18)20)11-24-19(22)15-9-13-4-2-3-5-14(13)10-17(15)21/h2-10,21H,11H2,1H3. The maximum absolute atomic E-state index is 13.6. The van der Waals surface area contributed by atoms with Crippen molar-refractivity contribution in [3.05, 3.63) is 71.5 Å². The van der Waals surface area contributed by atoms with Gasteiger partial charge in [0.05, 0.1) is 7.11 Å². The van der Waals surface area contributed by atoms with Crippen molar-refractivity contribution in [2.45, 2.75) is 6.61 Å². The number of benzene rings is 3. The summed E-state index contributed by atoms with van der Waals surface area (Å²) < 4.78 is 23.6. The molecule has 3 aromatic rings. The number of hydrogen-bond acceptors (Lipinski definition) is 4. The van der Waals surface area contributed by atoms with E-state index in [4.69, 9.17) is 9.47 Å². The lowest BCUT2D eigenvalue weighted by atomic mass is 10.1. The summed E-state index contributed by atoms with van der Waals surface area (Å²) >= 11 is 0. The van der Waals surface area contributed by atoms with Gasteiger partial charge in [-0.05, 0) is 40.6 Å². The lowest BCUT2D eigenvalue weighted by Gasteiger charge is -2.09. The highest BCUT2D eigenvalue weighted by molar-refractivity contribution is 5.98. The van der Waals surface area contributed by atoms with E-state index < -0.39 is 11.8 Å². The van der Waals surface area contributed by atoms with Crippen molar-refractivity contribution in [2.75, 3.05) is 7.11 Å². The molecule has 0 amide bonds. The molecule has 0 radical (unpaired) electrons. The summed E-state index contributed by atoms with van der Waals surface area (Å²) in [6.45, 7) is -0.105. The van der Waals surface area contributed by atoms with E-state index in [1.165, 1.54) is 25.3 Å². The second kappa shape index (κ2) is 6.58. The van der Waals surface area contributed by atoms with Crippen LogP contribution in [0.25, 0.3) is 10.8 Å². The Morgan fingerprint density at radius 1 is 1.08 bits per heavy atom. The smallest absolute Gasteiger partial charge is 0.342 e. The molecule has 0 atom stereocenters. The normalized spacial score (nSPS) is 10.6. The molecule has 0 fully saturated rings. The van der Waals surface area contributed by atoms with Gasteiger partial charge in [-0.3, -0.25) is 0 Å². The second-order valence-electron chi connectivity index (χ2n) is 5.26. The minimum absolute atomic E-state index is 0.0719. The quantitative estimate of drug-likeness (QED) is 0.735. The fourth-order valence-corrected chi connectivity index (χ4v) is 2.42. The highest BCUT2D eigenvalue weighted by atomic mass is 19.1. The van der Waals surface area contributed by atoms with Crippen molar-refractivity contribution in [1.82, 2.24) is 0 Å². The number of aromatic hydroxyl groups is 1. The van der Waals surface area contributed by atoms with Gasteiger partial charge in [0, 0.05) is 0 Å². The number of phenols is 1. The van der Waals surface area contributed by atoms with Gasteiger partial charge in [-0.15, -0.1) is 0 Å². The number of halogens is 1. The molecule has 3 aromatic carbocycles. The third kappa shape index (κ3) is 3.15. The zero-order valence-electron chi connectivity index (χ0n) is 13.0. The molecular formula is C19H15FO4. The fraction of sp³-hybridized carbons (Fsp3) is 0.105. The van der Waals surface area contributed by atoms with E-state index in [-0.39, 0.29) is 23.7 Å². The van der Waals surface area contributed by atoms with Gasteiger partial charge < -0.3 is 14.6 Å². The number of methoxy groups -OCH3 is 1. The molecule has 0 bridgehead atoms. The van der Waals surface area contributed by atoms with Crippen LogP contribution in [0.4, 0.5) is 4.39 Å². The first-order valence-electron chi connectivity index (χ1n) is 7.30. The minimum atomic E-state index is -0.672. The topological polar surface area (TPSA) is 55.8 Å². The molecule has 0 saturated carbocycles. The van der Waals surface area contributed by atoms with E-state index in [2.05, 4.69) is 0 Å². The predicted octanol–water partition coefficient (Wildman–Crippen LogP) is 4.05. The molecule has 122 valence electrons. The Kier molecular flexibility index (Phi) is 4.33. The maximum Gasteiger partial charge on any atom is 0.342 e. The van der Waals surface area contributed by atoms with Gasteiger partial charge in [0.2, 0.25) is 0 Å². The Morgan fingerprint density at radius 3 is 2.46 bits per heavy atom. The molecule has 0 spiro atoms. The van der Waals surface area contributed by atoms with Gasteiger partial charge in [-0.2, -0.15) is 0 Å². The van der Waals surface area contributed by atoms with Crippen molar-refractivity contribution in [3.8, 4) is 11.5 Å². The maximum atomic E-state index is 13.6. The van der Waals surface area contributed by atoms with Gasteiger partial charge in [0.25, 0.3) is 0 Å². The van der Waals surface area contributed by atoms with E-state index in [0.717, 1.165) is 10.8 Å². The molecule has 0 heterocycles. The largest absolute Gasteiger partial charge is 0.507 e. The molecule has 1 N–H and O–H groups in total. The number of phenolic OH excluding ortho intramolecular Hbond substituents is 1. The highest BCUT2D eigenvalue weighted by Gasteiger charge is 2.14. The van der Waals surface area contributed by atoms with E-state index >= 15 is 0 Å². The summed E-state index contributed by atoms with van der Waals surface area (Å²) in [5, 5.41) is 11.7. The lowest BCUT2D eigenvalue weighted by Crippen LogP contribution is -2.06. The van der Waals surface area contributed by atoms with Crippen molar-refractivity contribution in [3.63, 3.8) is 0 Å². The van der Waals surface area contributed by atoms with Crippen LogP contribution >= 0.6 is 0 Å². The molecule has 3 rings (SSSR count). The minimum Gasteiger partial charge on any atom is -0.507 e. The Hall–Kier alpha value is -3.08. The van der Waals surface area contributed by atoms with Gasteiger partial charge in [0.15, 0.2) is 11.6 Å². The lowest BCUT2D eigenvalue weighted by molar-refractivity contribution is 0.0469. The summed E-state index contributed by atoms with van der Waals surface area (Å²) in [6, 6.07) is 14.8. The van der Waals surface area contributed by atoms with Crippen LogP contribution in [0.5, 0.6) is 11.5 Å². The number of rotatable bonds is 4. The third-order valence-corrected chi connectivity index (χ3v) is 3.67. The van der Waals surface area contributed by atoms with Crippen LogP contribution in [0.3, 0.4) is 0 Å². The van der Waals surface area contributed by atoms with Crippen LogP contribution in [-0.2, 0) is 11.3 Å². The fourth-order valence-electron chi connectivity index (χ4n) is 2.42. The Labute approximate surface area is 138 Å². The molecule has 5 heteroatoms. The molecule has 0 aliphatic heterocycles. The molecule has 0 aromatic heterocycles. The highest BCUT2D eigenvalue weighted by Crippen LogP contribution is 2.26. The van der Waals surface area contributed by atoms with Gasteiger partial charge in [-0.1, -0.05) is 30.3 Å². The third-order valence-electron chi connectivity index (χ3n) is 3.67. The molecule has 0 unspecified atom stereocenters. The van der Waals surface area contributed by atoms with E-state index in [1.807, 2.05) is 24.3 Å². The molecule has 24 heavy (non-hydrogen) atoms. The van der Waals surface area contributed by atoms with Crippen LogP contribution in [-0.4, -0.2) is 18.2 Å². The van der Waals surface area contributed by atoms with Gasteiger partial charge >= 0.3 is 5.97 Å². The zero-order chi connectivity index (χ0) is 17.1. The van der Waals surface area contributed by atoms with Crippen LogP contribution in [0.1, 0.15) is 15.9 Å². The molecule has 4 nitrogen and oxygen atoms in total. The number of carbonyl (C=O) groups excluding carboxylic acids is 1. The van der Waals surface area contributed by atoms with Gasteiger partial charge in [-0.25, -0.2) is 9.18 Å². The Bertz CT molecular complexity index is 905. The van der Waals surface area contributed by atoms with E-state index in [1.54, 1.807) is 12.1 Å². The van der Waals surface area contributed by atoms with Crippen LogP contribution in [0, 0.1) is 5.82 Å². The van der Waals surface area contributed by atoms with Crippen LogP contribution in [0.2, 0.25) is 0 Å². The first kappa shape index (κ1) is 15.8. The molecule has 0 aliphatic carbocycles. The summed E-state index contributed by atoms with van der Waals surface area (Å²) in [7, 11) is 1.38. The van der Waals surface area contributed by atoms with E-state index in [9.17, 15) is 14.3 Å². The van der Waals surface area contributed by atoms with E-state index in [0.29, 0.717) is 5.56 Å². The SMILES string of the molecule is COc1ccc(COC(=O)c2cc3ccccc3cc2O)cc1F. The monoisotopic (exact) mass is 326 g/mol. The number of ether oxygens (including phenoxy) is 2. The van der Waals surface area contributed by atoms with Crippen LogP contribution < -0.4 is 4.74 Å². The average Bonchev–Trinajstić information content (AvgIpc) is 2.59. The Morgan fingerprint density at radius 2 is 1.79 bits per heavy atom. The average molecular weight is 326 g/mol. The molecule has 0 aliphatic rings. The number of carbonyl (C=O) groups is 1. The summed E-state index contributed by atoms with van der Waals surface area (Å²) in [4.78, 5) is 12.2. The van der Waals surface area contributed by atoms with Crippen LogP contribution in [0.15, 0.2) is 54.6 Å². The number of esters is 1. The Balaban J connectivity index is 1.77. The van der Waals surface area contributed by atoms with Crippen molar-refractivity contribution in [2.24, 2.45) is 0 Å². The predicted molar refractivity (Wildman–Crippen MR) is 87.7 cm³/mol. The first-order chi connectivity index (χ1) is 11.6. The number of hydrogen-bond donors (Lipinski definition) is 1. The summed E-state index contributed by atoms with van der Waals surface area (Å²) in [6.07, 6.45) is 0. The number of fused-ring (bicyclic) bond motifs is 1. The van der Waals surface area contributed by atoms with Crippen molar-refractivity contribution in [1.29, 1.82) is 0 Å². The molecular weight excluding hydrogens is 311 g/mol. The second-order valence-corrected chi connectivity index (χ2v) is 5.26. The van der Waals surface area contributed by atoms with Gasteiger partial charge in [0.1, 0.15) is 17.9 Å². The molecule has 0 saturated heterocycles. The first-order valence-corrected chi connectivity index (χ1v) is 7.30. The summed E-state index contributed by atoms with van der Waals surface area (Å²) in [5.74, 6) is -1.23. The summed E-state index contributed by atoms with van der Waals surface area (Å²) in [5.41, 5.74) is 0.560. The zero-order valence-corrected chi connectivity index (χ0v) is 13.0. The van der Waals surface area contributed by atoms with Crippen molar-refractivity contribution < 1.29 is 23.8 Å². The van der Waals surface area contributed by atoms with Crippen molar-refractivity contribution >= 4 is 16.7 Å².